The molecular formula is C12H14N2O2. The monoisotopic (exact) mass is 218 g/mol. The number of hydrogen-bond acceptors (Lipinski definition) is 4. The molecule has 1 aromatic carbocycles. The smallest absolute Gasteiger partial charge is 0.218 e. The van der Waals surface area contributed by atoms with E-state index in [1.165, 1.54) is 0 Å². The van der Waals surface area contributed by atoms with Gasteiger partial charge in [-0.25, -0.2) is 4.98 Å². The number of hydrogen-bond donors (Lipinski definition) is 2. The van der Waals surface area contributed by atoms with Gasteiger partial charge in [0.05, 0.1) is 25.3 Å². The van der Waals surface area contributed by atoms with E-state index in [0.29, 0.717) is 5.88 Å². The van der Waals surface area contributed by atoms with Crippen LogP contribution in [-0.4, -0.2) is 23.8 Å². The number of nitrogens with two attached hydrogens (primary N) is 1. The average Bonchev–Trinajstić information content (AvgIpc) is 2.36. The van der Waals surface area contributed by atoms with Crippen molar-refractivity contribution in [2.45, 2.75) is 6.04 Å². The second-order valence-electron chi connectivity index (χ2n) is 3.57. The maximum absolute atomic E-state index is 9.07. The van der Waals surface area contributed by atoms with Gasteiger partial charge in [-0.1, -0.05) is 18.2 Å². The predicted molar refractivity (Wildman–Crippen MR) is 62.3 cm³/mol. The van der Waals surface area contributed by atoms with E-state index >= 15 is 0 Å². The third-order valence-electron chi connectivity index (χ3n) is 2.51. The van der Waals surface area contributed by atoms with Crippen LogP contribution in [0.4, 0.5) is 0 Å². The molecule has 0 bridgehead atoms. The lowest BCUT2D eigenvalue weighted by Gasteiger charge is -2.13. The lowest BCUT2D eigenvalue weighted by Crippen LogP contribution is -2.16. The van der Waals surface area contributed by atoms with Gasteiger partial charge in [-0.15, -0.1) is 0 Å². The molecule has 84 valence electrons. The fourth-order valence-electron chi connectivity index (χ4n) is 1.64. The van der Waals surface area contributed by atoms with Crippen LogP contribution in [-0.2, 0) is 0 Å². The van der Waals surface area contributed by atoms with E-state index in [-0.39, 0.29) is 6.61 Å². The Morgan fingerprint density at radius 3 is 2.88 bits per heavy atom. The first kappa shape index (κ1) is 10.9. The molecule has 0 unspecified atom stereocenters. The van der Waals surface area contributed by atoms with Crippen LogP contribution < -0.4 is 10.5 Å². The second-order valence-corrected chi connectivity index (χ2v) is 3.57. The standard InChI is InChI=1S/C12H14N2O2/c1-16-12-9(10(13)7-15)6-8-4-2-3-5-11(8)14-12/h2-6,10,15H,7,13H2,1H3/t10-/m0/s1. The zero-order valence-electron chi connectivity index (χ0n) is 9.05. The van der Waals surface area contributed by atoms with Crippen molar-refractivity contribution in [1.29, 1.82) is 0 Å². The maximum atomic E-state index is 9.07. The summed E-state index contributed by atoms with van der Waals surface area (Å²) in [5, 5.41) is 10.1. The summed E-state index contributed by atoms with van der Waals surface area (Å²) < 4.78 is 5.17. The highest BCUT2D eigenvalue weighted by molar-refractivity contribution is 5.80. The van der Waals surface area contributed by atoms with Crippen molar-refractivity contribution in [2.24, 2.45) is 5.73 Å². The van der Waals surface area contributed by atoms with Gasteiger partial charge in [-0.2, -0.15) is 0 Å². The lowest BCUT2D eigenvalue weighted by molar-refractivity contribution is 0.264. The van der Waals surface area contributed by atoms with Crippen molar-refractivity contribution in [3.05, 3.63) is 35.9 Å². The molecule has 0 aliphatic rings. The molecule has 1 atom stereocenters. The zero-order valence-corrected chi connectivity index (χ0v) is 9.05. The molecule has 3 N–H and O–H groups in total. The topological polar surface area (TPSA) is 68.4 Å². The van der Waals surface area contributed by atoms with Crippen LogP contribution in [0.5, 0.6) is 5.88 Å². The highest BCUT2D eigenvalue weighted by atomic mass is 16.5. The van der Waals surface area contributed by atoms with E-state index < -0.39 is 6.04 Å². The average molecular weight is 218 g/mol. The number of aliphatic hydroxyl groups excluding tert-OH is 1. The van der Waals surface area contributed by atoms with Crippen LogP contribution in [0.15, 0.2) is 30.3 Å². The first-order valence-corrected chi connectivity index (χ1v) is 5.06. The number of aromatic nitrogens is 1. The maximum Gasteiger partial charge on any atom is 0.218 e. The van der Waals surface area contributed by atoms with Crippen LogP contribution >= 0.6 is 0 Å². The Hall–Kier alpha value is -1.65. The number of ether oxygens (including phenoxy) is 1. The van der Waals surface area contributed by atoms with E-state index in [9.17, 15) is 0 Å². The zero-order chi connectivity index (χ0) is 11.5. The molecule has 1 aromatic heterocycles. The minimum absolute atomic E-state index is 0.129. The molecule has 16 heavy (non-hydrogen) atoms. The predicted octanol–water partition coefficient (Wildman–Crippen LogP) is 1.24. The van der Waals surface area contributed by atoms with Gasteiger partial charge >= 0.3 is 0 Å². The van der Waals surface area contributed by atoms with Crippen molar-refractivity contribution in [3.8, 4) is 5.88 Å². The minimum atomic E-state index is -0.466. The van der Waals surface area contributed by atoms with Crippen LogP contribution in [0.3, 0.4) is 0 Å². The summed E-state index contributed by atoms with van der Waals surface area (Å²) in [6, 6.07) is 9.15. The Bertz CT molecular complexity index is 499. The molecule has 0 saturated heterocycles. The highest BCUT2D eigenvalue weighted by Gasteiger charge is 2.13. The Balaban J connectivity index is 2.62. The SMILES string of the molecule is COc1nc2ccccc2cc1[C@@H](N)CO. The van der Waals surface area contributed by atoms with Crippen molar-refractivity contribution >= 4 is 10.9 Å². The Kier molecular flexibility index (Phi) is 3.03. The molecule has 0 radical (unpaired) electrons. The number of para-hydroxylation sites is 1. The summed E-state index contributed by atoms with van der Waals surface area (Å²) in [4.78, 5) is 4.35. The summed E-state index contributed by atoms with van der Waals surface area (Å²) in [6.07, 6.45) is 0. The number of benzene rings is 1. The Morgan fingerprint density at radius 1 is 1.44 bits per heavy atom. The second kappa shape index (κ2) is 4.47. The third-order valence-corrected chi connectivity index (χ3v) is 2.51. The van der Waals surface area contributed by atoms with Gasteiger partial charge in [0.2, 0.25) is 5.88 Å². The van der Waals surface area contributed by atoms with Gasteiger partial charge in [-0.3, -0.25) is 0 Å². The molecule has 1 heterocycles. The molecule has 0 amide bonds. The number of aliphatic hydroxyl groups is 1. The molecular weight excluding hydrogens is 204 g/mol. The van der Waals surface area contributed by atoms with Gasteiger partial charge in [-0.05, 0) is 12.1 Å². The Morgan fingerprint density at radius 2 is 2.19 bits per heavy atom. The molecule has 2 rings (SSSR count). The first-order valence-electron chi connectivity index (χ1n) is 5.06. The fourth-order valence-corrected chi connectivity index (χ4v) is 1.64. The fraction of sp³-hybridized carbons (Fsp3) is 0.250. The normalized spacial score (nSPS) is 12.7. The van der Waals surface area contributed by atoms with Crippen molar-refractivity contribution in [1.82, 2.24) is 4.98 Å². The molecule has 0 aliphatic heterocycles. The van der Waals surface area contributed by atoms with Gasteiger partial charge in [0.25, 0.3) is 0 Å². The molecule has 4 nitrogen and oxygen atoms in total. The largest absolute Gasteiger partial charge is 0.481 e. The number of nitrogens with zero attached hydrogens (tertiary/aromatic N) is 1. The Labute approximate surface area is 93.7 Å². The van der Waals surface area contributed by atoms with Crippen LogP contribution in [0.25, 0.3) is 10.9 Å². The van der Waals surface area contributed by atoms with Crippen LogP contribution in [0.2, 0.25) is 0 Å². The number of pyridine rings is 1. The van der Waals surface area contributed by atoms with Gasteiger partial charge in [0.1, 0.15) is 0 Å². The van der Waals surface area contributed by atoms with Gasteiger partial charge in [0, 0.05) is 10.9 Å². The third kappa shape index (κ3) is 1.85. The molecule has 0 fully saturated rings. The summed E-state index contributed by atoms with van der Waals surface area (Å²) in [5.41, 5.74) is 7.37. The number of fused-ring (bicyclic) bond motifs is 1. The highest BCUT2D eigenvalue weighted by Crippen LogP contribution is 2.25. The van der Waals surface area contributed by atoms with Gasteiger partial charge < -0.3 is 15.6 Å². The summed E-state index contributed by atoms with van der Waals surface area (Å²) in [6.45, 7) is -0.129. The quantitative estimate of drug-likeness (QED) is 0.813. The van der Waals surface area contributed by atoms with Crippen molar-refractivity contribution in [3.63, 3.8) is 0 Å². The van der Waals surface area contributed by atoms with Gasteiger partial charge in [0.15, 0.2) is 0 Å². The number of rotatable bonds is 3. The van der Waals surface area contributed by atoms with Crippen molar-refractivity contribution < 1.29 is 9.84 Å². The van der Waals surface area contributed by atoms with E-state index in [1.807, 2.05) is 30.3 Å². The van der Waals surface area contributed by atoms with E-state index in [0.717, 1.165) is 16.5 Å². The van der Waals surface area contributed by atoms with E-state index in [4.69, 9.17) is 15.6 Å². The molecule has 0 saturated carbocycles. The lowest BCUT2D eigenvalue weighted by atomic mass is 10.1. The van der Waals surface area contributed by atoms with Crippen LogP contribution in [0.1, 0.15) is 11.6 Å². The van der Waals surface area contributed by atoms with E-state index in [1.54, 1.807) is 7.11 Å². The number of methoxy groups -OCH3 is 1. The van der Waals surface area contributed by atoms with Crippen molar-refractivity contribution in [2.75, 3.05) is 13.7 Å². The molecule has 2 aromatic rings. The first-order chi connectivity index (χ1) is 7.76. The molecule has 0 aliphatic carbocycles. The molecule has 0 spiro atoms. The summed E-state index contributed by atoms with van der Waals surface area (Å²) in [5.74, 6) is 0.472. The van der Waals surface area contributed by atoms with E-state index in [2.05, 4.69) is 4.98 Å². The summed E-state index contributed by atoms with van der Waals surface area (Å²) in [7, 11) is 1.55. The minimum Gasteiger partial charge on any atom is -0.481 e. The summed E-state index contributed by atoms with van der Waals surface area (Å²) >= 11 is 0. The van der Waals surface area contributed by atoms with Crippen LogP contribution in [0, 0.1) is 0 Å². The molecule has 4 heteroatoms.